The minimum Gasteiger partial charge on any atom is -0.380 e. The van der Waals surface area contributed by atoms with Crippen LogP contribution in [0, 0.1) is 11.6 Å². The molecule has 0 radical (unpaired) electrons. The Bertz CT molecular complexity index is 388. The van der Waals surface area contributed by atoms with Crippen LogP contribution in [0.15, 0.2) is 12.1 Å². The summed E-state index contributed by atoms with van der Waals surface area (Å²) >= 11 is 0. The van der Waals surface area contributed by atoms with Crippen molar-refractivity contribution in [3.05, 3.63) is 34.9 Å². The fourth-order valence-electron chi connectivity index (χ4n) is 1.66. The number of ether oxygens (including phenoxy) is 1. The van der Waals surface area contributed by atoms with E-state index in [4.69, 9.17) is 10.5 Å². The van der Waals surface area contributed by atoms with Gasteiger partial charge in [0.15, 0.2) is 11.6 Å². The highest BCUT2D eigenvalue weighted by Gasteiger charge is 2.42. The van der Waals surface area contributed by atoms with Crippen molar-refractivity contribution in [2.45, 2.75) is 25.0 Å². The van der Waals surface area contributed by atoms with Crippen molar-refractivity contribution in [1.82, 2.24) is 0 Å². The smallest absolute Gasteiger partial charge is 0.163 e. The van der Waals surface area contributed by atoms with Gasteiger partial charge < -0.3 is 10.5 Å². The summed E-state index contributed by atoms with van der Waals surface area (Å²) in [6, 6.07) is 2.74. The molecule has 2 rings (SSSR count). The van der Waals surface area contributed by atoms with Gasteiger partial charge in [-0.05, 0) is 30.5 Å². The third-order valence-electron chi connectivity index (χ3n) is 2.72. The van der Waals surface area contributed by atoms with Crippen molar-refractivity contribution in [2.24, 2.45) is 5.73 Å². The van der Waals surface area contributed by atoms with Crippen LogP contribution in [0.25, 0.3) is 0 Å². The van der Waals surface area contributed by atoms with E-state index in [9.17, 15) is 8.78 Å². The normalized spacial score (nSPS) is 17.9. The quantitative estimate of drug-likeness (QED) is 0.834. The van der Waals surface area contributed by atoms with Gasteiger partial charge in [-0.15, -0.1) is 0 Å². The summed E-state index contributed by atoms with van der Waals surface area (Å²) in [5.74, 6) is -1.67. The molecule has 0 aliphatic heterocycles. The standard InChI is InChI=1S/C11H13F2NO/c1-15-6-7-4-8(11(14)2-3-11)10(13)9(12)5-7/h4-5H,2-3,6,14H2,1H3. The summed E-state index contributed by atoms with van der Waals surface area (Å²) in [6.45, 7) is 0.264. The predicted octanol–water partition coefficient (Wildman–Crippen LogP) is 2.06. The molecule has 82 valence electrons. The molecule has 0 bridgehead atoms. The zero-order chi connectivity index (χ0) is 11.1. The molecule has 2 N–H and O–H groups in total. The number of nitrogens with two attached hydrogens (primary N) is 1. The molecular weight excluding hydrogens is 200 g/mol. The molecule has 0 atom stereocenters. The lowest BCUT2D eigenvalue weighted by atomic mass is 10.0. The lowest BCUT2D eigenvalue weighted by Gasteiger charge is -2.12. The van der Waals surface area contributed by atoms with Crippen LogP contribution in [0.3, 0.4) is 0 Å². The monoisotopic (exact) mass is 213 g/mol. The molecule has 0 aromatic heterocycles. The van der Waals surface area contributed by atoms with Crippen LogP contribution >= 0.6 is 0 Å². The van der Waals surface area contributed by atoms with Gasteiger partial charge >= 0.3 is 0 Å². The number of rotatable bonds is 3. The highest BCUT2D eigenvalue weighted by atomic mass is 19.2. The fourth-order valence-corrected chi connectivity index (χ4v) is 1.66. The zero-order valence-corrected chi connectivity index (χ0v) is 8.52. The van der Waals surface area contributed by atoms with Gasteiger partial charge in [0.25, 0.3) is 0 Å². The van der Waals surface area contributed by atoms with Crippen LogP contribution < -0.4 is 5.73 Å². The summed E-state index contributed by atoms with van der Waals surface area (Å²) in [5, 5.41) is 0. The van der Waals surface area contributed by atoms with Gasteiger partial charge in [0, 0.05) is 18.2 Å². The van der Waals surface area contributed by atoms with Crippen molar-refractivity contribution in [1.29, 1.82) is 0 Å². The Hall–Kier alpha value is -1.00. The Labute approximate surface area is 87.0 Å². The van der Waals surface area contributed by atoms with Crippen LogP contribution in [0.4, 0.5) is 8.78 Å². The van der Waals surface area contributed by atoms with Gasteiger partial charge in [0.1, 0.15) is 0 Å². The maximum atomic E-state index is 13.5. The zero-order valence-electron chi connectivity index (χ0n) is 8.52. The first-order valence-corrected chi connectivity index (χ1v) is 4.83. The van der Waals surface area contributed by atoms with Gasteiger partial charge in [-0.2, -0.15) is 0 Å². The largest absolute Gasteiger partial charge is 0.380 e. The third-order valence-corrected chi connectivity index (χ3v) is 2.72. The highest BCUT2D eigenvalue weighted by Crippen LogP contribution is 2.44. The lowest BCUT2D eigenvalue weighted by Crippen LogP contribution is -2.21. The number of benzene rings is 1. The van der Waals surface area contributed by atoms with Crippen LogP contribution in [0.1, 0.15) is 24.0 Å². The number of hydrogen-bond donors (Lipinski definition) is 1. The van der Waals surface area contributed by atoms with Gasteiger partial charge in [-0.25, -0.2) is 8.78 Å². The molecule has 2 nitrogen and oxygen atoms in total. The van der Waals surface area contributed by atoms with Crippen LogP contribution in [-0.2, 0) is 16.9 Å². The van der Waals surface area contributed by atoms with Crippen LogP contribution in [0.5, 0.6) is 0 Å². The number of halogens is 2. The van der Waals surface area contributed by atoms with Gasteiger partial charge in [-0.3, -0.25) is 0 Å². The highest BCUT2D eigenvalue weighted by molar-refractivity contribution is 5.35. The molecule has 0 amide bonds. The van der Waals surface area contributed by atoms with E-state index in [0.29, 0.717) is 18.4 Å². The first-order valence-electron chi connectivity index (χ1n) is 4.83. The molecule has 1 saturated carbocycles. The first kappa shape index (κ1) is 10.5. The van der Waals surface area contributed by atoms with Gasteiger partial charge in [0.05, 0.1) is 6.61 Å². The van der Waals surface area contributed by atoms with Crippen LogP contribution in [0.2, 0.25) is 0 Å². The molecule has 0 saturated heterocycles. The molecule has 1 aromatic rings. The molecule has 0 heterocycles. The van der Waals surface area contributed by atoms with Crippen molar-refractivity contribution in [2.75, 3.05) is 7.11 Å². The first-order chi connectivity index (χ1) is 7.07. The number of methoxy groups -OCH3 is 1. The Balaban J connectivity index is 2.43. The van der Waals surface area contributed by atoms with Crippen molar-refractivity contribution in [3.63, 3.8) is 0 Å². The maximum Gasteiger partial charge on any atom is 0.163 e. The maximum absolute atomic E-state index is 13.5. The van der Waals surface area contributed by atoms with Crippen molar-refractivity contribution >= 4 is 0 Å². The second-order valence-electron chi connectivity index (χ2n) is 4.03. The SMILES string of the molecule is COCc1cc(F)c(F)c(C2(N)CC2)c1. The molecule has 1 aromatic carbocycles. The average Bonchev–Trinajstić information content (AvgIpc) is 2.91. The van der Waals surface area contributed by atoms with E-state index in [-0.39, 0.29) is 12.2 Å². The topological polar surface area (TPSA) is 35.2 Å². The minimum absolute atomic E-state index is 0.264. The molecule has 1 fully saturated rings. The molecule has 4 heteroatoms. The second-order valence-corrected chi connectivity index (χ2v) is 4.03. The predicted molar refractivity (Wildman–Crippen MR) is 52.2 cm³/mol. The Morgan fingerprint density at radius 3 is 2.60 bits per heavy atom. The molecular formula is C11H13F2NO. The summed E-state index contributed by atoms with van der Waals surface area (Å²) < 4.78 is 31.6. The lowest BCUT2D eigenvalue weighted by molar-refractivity contribution is 0.184. The van der Waals surface area contributed by atoms with E-state index >= 15 is 0 Å². The Morgan fingerprint density at radius 2 is 2.07 bits per heavy atom. The van der Waals surface area contributed by atoms with Gasteiger partial charge in [-0.1, -0.05) is 0 Å². The van der Waals surface area contributed by atoms with E-state index in [0.717, 1.165) is 6.07 Å². The molecule has 0 unspecified atom stereocenters. The summed E-state index contributed by atoms with van der Waals surface area (Å²) in [7, 11) is 1.51. The Morgan fingerprint density at radius 1 is 1.40 bits per heavy atom. The fraction of sp³-hybridized carbons (Fsp3) is 0.455. The molecule has 0 spiro atoms. The van der Waals surface area contributed by atoms with E-state index in [1.807, 2.05) is 0 Å². The summed E-state index contributed by atoms with van der Waals surface area (Å²) in [6.07, 6.45) is 1.42. The minimum atomic E-state index is -0.851. The molecule has 1 aliphatic carbocycles. The van der Waals surface area contributed by atoms with E-state index in [2.05, 4.69) is 0 Å². The number of hydrogen-bond acceptors (Lipinski definition) is 2. The van der Waals surface area contributed by atoms with E-state index in [1.165, 1.54) is 7.11 Å². The molecule has 15 heavy (non-hydrogen) atoms. The molecule has 1 aliphatic rings. The van der Waals surface area contributed by atoms with Gasteiger partial charge in [0.2, 0.25) is 0 Å². The average molecular weight is 213 g/mol. The summed E-state index contributed by atoms with van der Waals surface area (Å²) in [4.78, 5) is 0. The summed E-state index contributed by atoms with van der Waals surface area (Å²) in [5.41, 5.74) is 6.08. The van der Waals surface area contributed by atoms with Crippen molar-refractivity contribution < 1.29 is 13.5 Å². The second kappa shape index (κ2) is 3.54. The van der Waals surface area contributed by atoms with E-state index < -0.39 is 17.2 Å². The third kappa shape index (κ3) is 1.87. The van der Waals surface area contributed by atoms with E-state index in [1.54, 1.807) is 6.07 Å². The van der Waals surface area contributed by atoms with Crippen LogP contribution in [-0.4, -0.2) is 7.11 Å². The van der Waals surface area contributed by atoms with Crippen molar-refractivity contribution in [3.8, 4) is 0 Å². The Kier molecular flexibility index (Phi) is 2.48.